The molecule has 1 aliphatic heterocycles. The van der Waals surface area contributed by atoms with Gasteiger partial charge in [0.2, 0.25) is 12.6 Å². The van der Waals surface area contributed by atoms with Crippen LogP contribution in [0.25, 0.3) is 33.6 Å². The molecule has 1 N–H and O–H groups in total. The maximum atomic E-state index is 13.5. The molecule has 11 nitrogen and oxygen atoms in total. The second-order valence-corrected chi connectivity index (χ2v) is 11.2. The maximum Gasteiger partial charge on any atom is 0.361 e. The van der Waals surface area contributed by atoms with E-state index in [-0.39, 0.29) is 17.4 Å². The SMILES string of the molecule is CCCCc1nc(Cl)c(C(=O)OCOC(=O)c2ccccc2)n1Cc1c2ccocc-2c(Br)c1-c1ccccc1-c1nn[nH]n1. The first-order chi connectivity index (χ1) is 22.0. The van der Waals surface area contributed by atoms with Crippen molar-refractivity contribution in [2.45, 2.75) is 32.7 Å². The van der Waals surface area contributed by atoms with Crippen LogP contribution in [-0.4, -0.2) is 48.9 Å². The number of esters is 2. The molecular weight excluding hydrogens is 664 g/mol. The van der Waals surface area contributed by atoms with Crippen LogP contribution in [0.1, 0.15) is 52.0 Å². The molecule has 1 aliphatic carbocycles. The number of carbonyl (C=O) groups excluding carboxylic acids is 2. The molecule has 13 heteroatoms. The third-order valence-corrected chi connectivity index (χ3v) is 8.40. The van der Waals surface area contributed by atoms with E-state index in [0.29, 0.717) is 23.6 Å². The van der Waals surface area contributed by atoms with Gasteiger partial charge >= 0.3 is 11.9 Å². The van der Waals surface area contributed by atoms with Gasteiger partial charge in [0.05, 0.1) is 24.6 Å². The largest absolute Gasteiger partial charge is 0.472 e. The third-order valence-electron chi connectivity index (χ3n) is 7.31. The fourth-order valence-corrected chi connectivity index (χ4v) is 6.23. The summed E-state index contributed by atoms with van der Waals surface area (Å²) in [4.78, 5) is 30.5. The summed E-state index contributed by atoms with van der Waals surface area (Å²) >= 11 is 10.4. The van der Waals surface area contributed by atoms with Gasteiger partial charge in [-0.3, -0.25) is 0 Å². The second-order valence-electron chi connectivity index (χ2n) is 10.0. The smallest absolute Gasteiger partial charge is 0.361 e. The van der Waals surface area contributed by atoms with Gasteiger partial charge in [0.1, 0.15) is 5.82 Å². The van der Waals surface area contributed by atoms with Gasteiger partial charge in [-0.05, 0) is 62.5 Å². The average molecular weight is 690 g/mol. The molecule has 3 heterocycles. The van der Waals surface area contributed by atoms with Gasteiger partial charge in [-0.2, -0.15) is 5.21 Å². The molecule has 6 rings (SSSR count). The van der Waals surface area contributed by atoms with E-state index in [0.717, 1.165) is 50.7 Å². The number of fused-ring (bicyclic) bond motifs is 1. The first-order valence-electron chi connectivity index (χ1n) is 14.1. The predicted molar refractivity (Wildman–Crippen MR) is 169 cm³/mol. The van der Waals surface area contributed by atoms with E-state index in [9.17, 15) is 9.59 Å². The maximum absolute atomic E-state index is 13.5. The highest BCUT2D eigenvalue weighted by Crippen LogP contribution is 2.48. The van der Waals surface area contributed by atoms with Gasteiger partial charge in [-0.15, -0.1) is 10.2 Å². The number of aromatic amines is 1. The lowest BCUT2D eigenvalue weighted by atomic mass is 9.97. The lowest BCUT2D eigenvalue weighted by Crippen LogP contribution is -2.18. The van der Waals surface area contributed by atoms with Crippen molar-refractivity contribution < 1.29 is 23.5 Å². The van der Waals surface area contributed by atoms with E-state index in [1.165, 1.54) is 0 Å². The van der Waals surface area contributed by atoms with Crippen LogP contribution >= 0.6 is 27.5 Å². The van der Waals surface area contributed by atoms with Crippen LogP contribution in [0.5, 0.6) is 0 Å². The zero-order chi connectivity index (χ0) is 31.3. The number of carbonyl (C=O) groups is 2. The Bertz CT molecular complexity index is 1920. The van der Waals surface area contributed by atoms with Crippen molar-refractivity contribution in [1.29, 1.82) is 0 Å². The summed E-state index contributed by atoms with van der Waals surface area (Å²) in [6.07, 6.45) is 5.58. The number of ether oxygens (including phenoxy) is 2. The molecule has 0 bridgehead atoms. The number of halogens is 2. The second kappa shape index (κ2) is 13.4. The quantitative estimate of drug-likeness (QED) is 0.110. The van der Waals surface area contributed by atoms with Crippen molar-refractivity contribution >= 4 is 39.5 Å². The summed E-state index contributed by atoms with van der Waals surface area (Å²) in [5.74, 6) is -0.328. The van der Waals surface area contributed by atoms with Crippen LogP contribution in [0.4, 0.5) is 0 Å². The van der Waals surface area contributed by atoms with E-state index >= 15 is 0 Å². The number of nitrogens with one attached hydrogen (secondary N) is 1. The van der Waals surface area contributed by atoms with Crippen LogP contribution in [-0.2, 0) is 22.4 Å². The van der Waals surface area contributed by atoms with Crippen LogP contribution in [0, 0.1) is 0 Å². The molecule has 228 valence electrons. The minimum Gasteiger partial charge on any atom is -0.472 e. The zero-order valence-corrected chi connectivity index (χ0v) is 26.3. The molecule has 45 heavy (non-hydrogen) atoms. The number of imidazole rings is 1. The fraction of sp³-hybridized carbons (Fsp3) is 0.188. The Labute approximate surface area is 271 Å². The first kappa shape index (κ1) is 30.2. The topological polar surface area (TPSA) is 138 Å². The molecule has 2 aliphatic rings. The molecule has 0 saturated heterocycles. The average Bonchev–Trinajstić information content (AvgIpc) is 3.78. The van der Waals surface area contributed by atoms with Crippen molar-refractivity contribution in [3.8, 4) is 33.6 Å². The van der Waals surface area contributed by atoms with Crippen molar-refractivity contribution in [2.24, 2.45) is 0 Å². The summed E-state index contributed by atoms with van der Waals surface area (Å²) in [5.41, 5.74) is 5.46. The summed E-state index contributed by atoms with van der Waals surface area (Å²) in [6, 6.07) is 18.0. The standard InChI is InChI=1S/C32H26BrClN6O5/c1-2-3-13-25-35-29(34)28(32(42)45-18-44-31(41)19-9-5-4-6-10-19)40(25)16-23-20-14-15-43-17-24(20)27(33)26(23)21-11-7-8-12-22(21)30-36-38-39-37-30/h4-12,14-15,17H,2-3,13,16,18H2,1H3,(H,36,37,38,39). The number of nitrogens with zero attached hydrogens (tertiary/aromatic N) is 5. The van der Waals surface area contributed by atoms with E-state index in [4.69, 9.17) is 25.5 Å². The van der Waals surface area contributed by atoms with E-state index in [1.54, 1.807) is 47.4 Å². The van der Waals surface area contributed by atoms with E-state index in [2.05, 4.69) is 48.5 Å². The van der Waals surface area contributed by atoms with Gasteiger partial charge in [-0.25, -0.2) is 14.6 Å². The van der Waals surface area contributed by atoms with Crippen LogP contribution in [0.3, 0.4) is 0 Å². The van der Waals surface area contributed by atoms with Gasteiger partial charge in [0, 0.05) is 27.6 Å². The lowest BCUT2D eigenvalue weighted by molar-refractivity contribution is -0.0173. The number of aromatic nitrogens is 6. The monoisotopic (exact) mass is 688 g/mol. The minimum absolute atomic E-state index is 0.000774. The normalized spacial score (nSPS) is 11.2. The molecule has 4 aromatic rings. The summed E-state index contributed by atoms with van der Waals surface area (Å²) < 4.78 is 18.7. The Morgan fingerprint density at radius 1 is 0.978 bits per heavy atom. The predicted octanol–water partition coefficient (Wildman–Crippen LogP) is 7.21. The van der Waals surface area contributed by atoms with Crippen molar-refractivity contribution in [3.05, 3.63) is 105 Å². The van der Waals surface area contributed by atoms with Crippen LogP contribution in [0.2, 0.25) is 5.15 Å². The summed E-state index contributed by atoms with van der Waals surface area (Å²) in [5, 5.41) is 14.7. The van der Waals surface area contributed by atoms with Crippen LogP contribution in [0.15, 0.2) is 82.1 Å². The number of benzene rings is 2. The molecule has 0 spiro atoms. The molecule has 0 fully saturated rings. The van der Waals surface area contributed by atoms with Gasteiger partial charge < -0.3 is 18.5 Å². The Balaban J connectivity index is 1.40. The number of H-pyrrole nitrogens is 1. The van der Waals surface area contributed by atoms with Crippen molar-refractivity contribution in [3.63, 3.8) is 0 Å². The van der Waals surface area contributed by atoms with Crippen molar-refractivity contribution in [2.75, 3.05) is 6.79 Å². The number of rotatable bonds is 11. The van der Waals surface area contributed by atoms with Crippen LogP contribution < -0.4 is 0 Å². The summed E-state index contributed by atoms with van der Waals surface area (Å²) in [7, 11) is 0. The van der Waals surface area contributed by atoms with Gasteiger partial charge in [0.15, 0.2) is 10.8 Å². The molecule has 0 atom stereocenters. The molecule has 0 radical (unpaired) electrons. The Morgan fingerprint density at radius 3 is 2.49 bits per heavy atom. The van der Waals surface area contributed by atoms with Gasteiger partial charge in [0.25, 0.3) is 0 Å². The first-order valence-corrected chi connectivity index (χ1v) is 15.3. The number of hydrogen-bond donors (Lipinski definition) is 1. The molecular formula is C32H26BrClN6O5. The molecule has 0 saturated carbocycles. The highest BCUT2D eigenvalue weighted by molar-refractivity contribution is 9.10. The van der Waals surface area contributed by atoms with Gasteiger partial charge in [-0.1, -0.05) is 67.4 Å². The Kier molecular flexibility index (Phi) is 9.03. The minimum atomic E-state index is -0.769. The lowest BCUT2D eigenvalue weighted by Gasteiger charge is -2.15. The third kappa shape index (κ3) is 6.11. The number of hydrogen-bond acceptors (Lipinski definition) is 9. The van der Waals surface area contributed by atoms with E-state index in [1.807, 2.05) is 30.3 Å². The summed E-state index contributed by atoms with van der Waals surface area (Å²) in [6.45, 7) is 1.70. The number of tetrazole rings is 1. The number of aryl methyl sites for hydroxylation is 1. The molecule has 0 amide bonds. The highest BCUT2D eigenvalue weighted by atomic mass is 79.9. The van der Waals surface area contributed by atoms with Crippen molar-refractivity contribution in [1.82, 2.24) is 30.2 Å². The van der Waals surface area contributed by atoms with E-state index < -0.39 is 18.7 Å². The zero-order valence-electron chi connectivity index (χ0n) is 24.0. The Hall–Kier alpha value is -4.81. The molecule has 2 aromatic heterocycles. The molecule has 2 aromatic carbocycles. The highest BCUT2D eigenvalue weighted by Gasteiger charge is 2.30. The Morgan fingerprint density at radius 2 is 1.73 bits per heavy atom. The number of unbranched alkanes of at least 4 members (excludes halogenated alkanes) is 1. The fourth-order valence-electron chi connectivity index (χ4n) is 5.20. The molecule has 0 unspecified atom stereocenters.